The van der Waals surface area contributed by atoms with Crippen LogP contribution < -0.4 is 14.8 Å². The molecule has 0 bridgehead atoms. The summed E-state index contributed by atoms with van der Waals surface area (Å²) < 4.78 is 10.6. The van der Waals surface area contributed by atoms with Crippen LogP contribution in [0.2, 0.25) is 0 Å². The number of terminal acetylenes is 1. The first kappa shape index (κ1) is 16.4. The quantitative estimate of drug-likeness (QED) is 0.736. The number of methoxy groups -OCH3 is 2. The van der Waals surface area contributed by atoms with Gasteiger partial charge in [0.05, 0.1) is 20.3 Å². The topological polar surface area (TPSA) is 30.5 Å². The number of rotatable bonds is 8. The number of ether oxygens (including phenoxy) is 2. The lowest BCUT2D eigenvalue weighted by atomic mass is 10.0. The third kappa shape index (κ3) is 4.18. The van der Waals surface area contributed by atoms with Gasteiger partial charge in [-0.1, -0.05) is 32.3 Å². The highest BCUT2D eigenvalue weighted by Crippen LogP contribution is 2.31. The Labute approximate surface area is 122 Å². The van der Waals surface area contributed by atoms with E-state index in [2.05, 4.69) is 31.2 Å². The smallest absolute Gasteiger partial charge is 0.161 e. The van der Waals surface area contributed by atoms with E-state index in [-0.39, 0.29) is 12.1 Å². The van der Waals surface area contributed by atoms with E-state index in [0.29, 0.717) is 0 Å². The Morgan fingerprint density at radius 1 is 1.20 bits per heavy atom. The molecular weight excluding hydrogens is 250 g/mol. The molecule has 1 aromatic rings. The van der Waals surface area contributed by atoms with Gasteiger partial charge in [-0.15, -0.1) is 6.42 Å². The van der Waals surface area contributed by atoms with Crippen LogP contribution in [0.3, 0.4) is 0 Å². The van der Waals surface area contributed by atoms with Gasteiger partial charge in [0.1, 0.15) is 0 Å². The molecule has 0 aliphatic rings. The van der Waals surface area contributed by atoms with Gasteiger partial charge in [0, 0.05) is 6.04 Å². The predicted octanol–water partition coefficient (Wildman–Crippen LogP) is 3.55. The van der Waals surface area contributed by atoms with Crippen LogP contribution in [0.5, 0.6) is 11.5 Å². The monoisotopic (exact) mass is 275 g/mol. The Bertz CT molecular complexity index is 451. The highest BCUT2D eigenvalue weighted by molar-refractivity contribution is 5.43. The molecular formula is C17H25NO2. The Balaban J connectivity index is 2.92. The maximum Gasteiger partial charge on any atom is 0.161 e. The van der Waals surface area contributed by atoms with Crippen molar-refractivity contribution in [2.75, 3.05) is 14.2 Å². The summed E-state index contributed by atoms with van der Waals surface area (Å²) in [5, 5.41) is 3.53. The fourth-order valence-electron chi connectivity index (χ4n) is 2.27. The maximum atomic E-state index is 5.58. The molecule has 0 aromatic heterocycles. The summed E-state index contributed by atoms with van der Waals surface area (Å²) in [6.45, 7) is 4.29. The number of hydrogen-bond acceptors (Lipinski definition) is 3. The third-order valence-corrected chi connectivity index (χ3v) is 3.40. The molecule has 20 heavy (non-hydrogen) atoms. The Kier molecular flexibility index (Phi) is 6.97. The number of hydrogen-bond donors (Lipinski definition) is 1. The maximum absolute atomic E-state index is 5.58. The average molecular weight is 275 g/mol. The van der Waals surface area contributed by atoms with Crippen molar-refractivity contribution in [3.8, 4) is 23.8 Å². The zero-order chi connectivity index (χ0) is 15.0. The largest absolute Gasteiger partial charge is 0.493 e. The number of nitrogens with one attached hydrogen (secondary N) is 1. The first-order valence-corrected chi connectivity index (χ1v) is 7.14. The first-order chi connectivity index (χ1) is 9.69. The standard InChI is InChI=1S/C17H25NO2/c1-6-9-14(7-2)18-15(8-3)13-10-11-16(19-4)17(12-13)20-5/h2,10-12,14-15,18H,6,8-9H2,1,3-5H3. The van der Waals surface area contributed by atoms with E-state index in [1.807, 2.05) is 12.1 Å². The van der Waals surface area contributed by atoms with Crippen molar-refractivity contribution >= 4 is 0 Å². The van der Waals surface area contributed by atoms with E-state index in [0.717, 1.165) is 30.8 Å². The zero-order valence-corrected chi connectivity index (χ0v) is 12.9. The molecule has 0 amide bonds. The third-order valence-electron chi connectivity index (χ3n) is 3.40. The second-order valence-corrected chi connectivity index (χ2v) is 4.75. The second-order valence-electron chi connectivity index (χ2n) is 4.75. The minimum absolute atomic E-state index is 0.109. The molecule has 110 valence electrons. The molecule has 0 saturated heterocycles. The van der Waals surface area contributed by atoms with Crippen molar-refractivity contribution in [2.24, 2.45) is 0 Å². The highest BCUT2D eigenvalue weighted by Gasteiger charge is 2.15. The van der Waals surface area contributed by atoms with E-state index < -0.39 is 0 Å². The van der Waals surface area contributed by atoms with Gasteiger partial charge >= 0.3 is 0 Å². The lowest BCUT2D eigenvalue weighted by Crippen LogP contribution is -2.31. The van der Waals surface area contributed by atoms with E-state index in [1.165, 1.54) is 5.56 Å². The second kappa shape index (κ2) is 8.50. The SMILES string of the molecule is C#CC(CCC)NC(CC)c1ccc(OC)c(OC)c1. The highest BCUT2D eigenvalue weighted by atomic mass is 16.5. The molecule has 3 nitrogen and oxygen atoms in total. The molecule has 1 rings (SSSR count). The van der Waals surface area contributed by atoms with Gasteiger partial charge in [0.2, 0.25) is 0 Å². The molecule has 0 spiro atoms. The summed E-state index contributed by atoms with van der Waals surface area (Å²) in [7, 11) is 3.29. The summed E-state index contributed by atoms with van der Waals surface area (Å²) in [4.78, 5) is 0. The molecule has 2 unspecified atom stereocenters. The van der Waals surface area contributed by atoms with Crippen LogP contribution in [-0.2, 0) is 0 Å². The van der Waals surface area contributed by atoms with Gasteiger partial charge in [0.25, 0.3) is 0 Å². The summed E-state index contributed by atoms with van der Waals surface area (Å²) in [5.74, 6) is 4.31. The van der Waals surface area contributed by atoms with Gasteiger partial charge in [-0.3, -0.25) is 5.32 Å². The molecule has 3 heteroatoms. The van der Waals surface area contributed by atoms with Crippen LogP contribution in [0.1, 0.15) is 44.7 Å². The van der Waals surface area contributed by atoms with Gasteiger partial charge in [-0.05, 0) is 30.5 Å². The molecule has 0 fully saturated rings. The first-order valence-electron chi connectivity index (χ1n) is 7.14. The van der Waals surface area contributed by atoms with E-state index in [9.17, 15) is 0 Å². The minimum Gasteiger partial charge on any atom is -0.493 e. The lowest BCUT2D eigenvalue weighted by molar-refractivity contribution is 0.353. The predicted molar refractivity (Wildman–Crippen MR) is 83.2 cm³/mol. The van der Waals surface area contributed by atoms with Gasteiger partial charge in [-0.25, -0.2) is 0 Å². The minimum atomic E-state index is 0.109. The van der Waals surface area contributed by atoms with Gasteiger partial charge in [-0.2, -0.15) is 0 Å². The van der Waals surface area contributed by atoms with E-state index in [1.54, 1.807) is 14.2 Å². The summed E-state index contributed by atoms with van der Waals surface area (Å²) in [6, 6.07) is 6.34. The van der Waals surface area contributed by atoms with Crippen LogP contribution in [0.25, 0.3) is 0 Å². The lowest BCUT2D eigenvalue weighted by Gasteiger charge is -2.22. The summed E-state index contributed by atoms with van der Waals surface area (Å²) >= 11 is 0. The molecule has 0 saturated carbocycles. The van der Waals surface area contributed by atoms with Crippen LogP contribution in [-0.4, -0.2) is 20.3 Å². The molecule has 0 aliphatic carbocycles. The van der Waals surface area contributed by atoms with Crippen LogP contribution >= 0.6 is 0 Å². The average Bonchev–Trinajstić information content (AvgIpc) is 2.50. The molecule has 2 atom stereocenters. The van der Waals surface area contributed by atoms with Crippen molar-refractivity contribution in [3.05, 3.63) is 23.8 Å². The molecule has 0 aliphatic heterocycles. The Morgan fingerprint density at radius 3 is 2.40 bits per heavy atom. The van der Waals surface area contributed by atoms with Crippen LogP contribution in [0.15, 0.2) is 18.2 Å². The van der Waals surface area contributed by atoms with Crippen molar-refractivity contribution < 1.29 is 9.47 Å². The fourth-order valence-corrected chi connectivity index (χ4v) is 2.27. The molecule has 0 heterocycles. The number of benzene rings is 1. The van der Waals surface area contributed by atoms with E-state index in [4.69, 9.17) is 15.9 Å². The normalized spacial score (nSPS) is 13.3. The van der Waals surface area contributed by atoms with Crippen molar-refractivity contribution in [1.29, 1.82) is 0 Å². The van der Waals surface area contributed by atoms with Crippen LogP contribution in [0.4, 0.5) is 0 Å². The molecule has 0 radical (unpaired) electrons. The fraction of sp³-hybridized carbons (Fsp3) is 0.529. The Hall–Kier alpha value is -1.66. The van der Waals surface area contributed by atoms with E-state index >= 15 is 0 Å². The zero-order valence-electron chi connectivity index (χ0n) is 12.9. The van der Waals surface area contributed by atoms with Crippen molar-refractivity contribution in [2.45, 2.75) is 45.2 Å². The Morgan fingerprint density at radius 2 is 1.90 bits per heavy atom. The van der Waals surface area contributed by atoms with Gasteiger partial charge < -0.3 is 9.47 Å². The van der Waals surface area contributed by atoms with Crippen LogP contribution in [0, 0.1) is 12.3 Å². The molecule has 1 N–H and O–H groups in total. The summed E-state index contributed by atoms with van der Waals surface area (Å²) in [6.07, 6.45) is 8.61. The molecule has 1 aromatic carbocycles. The van der Waals surface area contributed by atoms with Crippen molar-refractivity contribution in [3.63, 3.8) is 0 Å². The summed E-state index contributed by atoms with van der Waals surface area (Å²) in [5.41, 5.74) is 1.17. The van der Waals surface area contributed by atoms with Crippen molar-refractivity contribution in [1.82, 2.24) is 5.32 Å². The van der Waals surface area contributed by atoms with Gasteiger partial charge in [0.15, 0.2) is 11.5 Å².